The Labute approximate surface area is 229 Å². The van der Waals surface area contributed by atoms with Gasteiger partial charge in [0.15, 0.2) is 0 Å². The second-order valence-corrected chi connectivity index (χ2v) is 9.31. The maximum Gasteiger partial charge on any atom is 0.135 e. The molecule has 0 fully saturated rings. The quantitative estimate of drug-likeness (QED) is 0.191. The summed E-state index contributed by atoms with van der Waals surface area (Å²) in [5.74, 6) is 1.25. The predicted octanol–water partition coefficient (Wildman–Crippen LogP) is 4.02. The van der Waals surface area contributed by atoms with Crippen LogP contribution in [0.1, 0.15) is 43.4 Å². The lowest BCUT2D eigenvalue weighted by atomic mass is 9.98. The molecule has 3 rings (SSSR count). The van der Waals surface area contributed by atoms with Crippen molar-refractivity contribution in [3.8, 4) is 11.5 Å². The smallest absolute Gasteiger partial charge is 0.135 e. The summed E-state index contributed by atoms with van der Waals surface area (Å²) in [6.07, 6.45) is 6.25. The molecule has 0 saturated carbocycles. The van der Waals surface area contributed by atoms with E-state index in [4.69, 9.17) is 16.2 Å². The van der Waals surface area contributed by atoms with Gasteiger partial charge in [-0.2, -0.15) is 0 Å². The molecule has 0 bridgehead atoms. The van der Waals surface area contributed by atoms with E-state index in [1.54, 1.807) is 13.2 Å². The summed E-state index contributed by atoms with van der Waals surface area (Å²) in [5, 5.41) is 16.4. The molecule has 0 atom stereocenters. The lowest BCUT2D eigenvalue weighted by molar-refractivity contribution is 0.400. The van der Waals surface area contributed by atoms with Crippen LogP contribution in [-0.4, -0.2) is 69.8 Å². The third kappa shape index (κ3) is 11.8. The number of phenols is 1. The Morgan fingerprint density at radius 2 is 1.87 bits per heavy atom. The van der Waals surface area contributed by atoms with Gasteiger partial charge in [0.1, 0.15) is 17.3 Å². The number of amidine groups is 1. The average molecular weight is 525 g/mol. The van der Waals surface area contributed by atoms with Crippen molar-refractivity contribution in [3.05, 3.63) is 77.0 Å². The highest BCUT2D eigenvalue weighted by Crippen LogP contribution is 2.33. The molecule has 0 saturated heterocycles. The number of aromatic hydroxyl groups is 1. The second kappa shape index (κ2) is 18.0. The molecule has 2 aromatic rings. The largest absolute Gasteiger partial charge is 0.507 e. The van der Waals surface area contributed by atoms with Crippen molar-refractivity contribution in [1.29, 1.82) is 0 Å². The van der Waals surface area contributed by atoms with E-state index in [9.17, 15) is 5.11 Å². The fraction of sp³-hybridized carbons (Fsp3) is 0.433. The van der Waals surface area contributed by atoms with Crippen molar-refractivity contribution in [2.75, 3.05) is 53.9 Å². The number of aliphatic imine (C=N–C) groups is 1. The summed E-state index contributed by atoms with van der Waals surface area (Å²) < 4.78 is 5.31. The molecule has 1 aliphatic heterocycles. The number of nitrogens with two attached hydrogens (primary N) is 2. The molecule has 0 amide bonds. The topological polar surface area (TPSA) is 121 Å². The fourth-order valence-corrected chi connectivity index (χ4v) is 3.50. The van der Waals surface area contributed by atoms with Crippen molar-refractivity contribution in [1.82, 2.24) is 15.5 Å². The van der Waals surface area contributed by atoms with Crippen molar-refractivity contribution < 1.29 is 9.84 Å². The van der Waals surface area contributed by atoms with Crippen LogP contribution in [0.25, 0.3) is 0 Å². The van der Waals surface area contributed by atoms with Gasteiger partial charge in [0.05, 0.1) is 18.4 Å². The normalized spacial score (nSPS) is 12.8. The van der Waals surface area contributed by atoms with E-state index in [1.165, 1.54) is 5.57 Å². The first kappa shape index (κ1) is 32.7. The van der Waals surface area contributed by atoms with Gasteiger partial charge in [-0.1, -0.05) is 50.6 Å². The van der Waals surface area contributed by atoms with Crippen LogP contribution in [0.2, 0.25) is 0 Å². The van der Waals surface area contributed by atoms with Crippen LogP contribution in [0.5, 0.6) is 11.5 Å². The van der Waals surface area contributed by atoms with E-state index in [0.717, 1.165) is 43.0 Å². The number of phenolic OH excluding ortho intramolecular Hbond substituents is 1. The molecule has 1 heterocycles. The highest BCUT2D eigenvalue weighted by atomic mass is 16.5. The van der Waals surface area contributed by atoms with Gasteiger partial charge in [0, 0.05) is 45.5 Å². The number of nitrogens with zero attached hydrogens (tertiary/aromatic N) is 2. The zero-order valence-electron chi connectivity index (χ0n) is 24.2. The van der Waals surface area contributed by atoms with E-state index in [-0.39, 0.29) is 17.5 Å². The number of methoxy groups -OCH3 is 1. The summed E-state index contributed by atoms with van der Waals surface area (Å²) >= 11 is 0. The van der Waals surface area contributed by atoms with Gasteiger partial charge < -0.3 is 36.8 Å². The molecule has 0 unspecified atom stereocenters. The van der Waals surface area contributed by atoms with Gasteiger partial charge in [-0.05, 0) is 55.8 Å². The lowest BCUT2D eigenvalue weighted by Crippen LogP contribution is -2.24. The summed E-state index contributed by atoms with van der Waals surface area (Å²) in [4.78, 5) is 6.49. The minimum Gasteiger partial charge on any atom is -0.507 e. The highest BCUT2D eigenvalue weighted by molar-refractivity contribution is 6.01. The first-order valence-corrected chi connectivity index (χ1v) is 13.1. The van der Waals surface area contributed by atoms with E-state index in [2.05, 4.69) is 59.6 Å². The number of likely N-dealkylation sites (N-methyl/N-ethyl adjacent to an activating group) is 3. The molecule has 0 spiro atoms. The molecule has 0 radical (unpaired) electrons. The number of hydrogen-bond donors (Lipinski definition) is 5. The Bertz CT molecular complexity index is 1040. The van der Waals surface area contributed by atoms with E-state index in [0.29, 0.717) is 17.9 Å². The third-order valence-electron chi connectivity index (χ3n) is 5.68. The zero-order chi connectivity index (χ0) is 28.5. The van der Waals surface area contributed by atoms with Gasteiger partial charge in [0.2, 0.25) is 0 Å². The van der Waals surface area contributed by atoms with Crippen molar-refractivity contribution in [2.45, 2.75) is 33.6 Å². The number of hydrogen-bond acceptors (Lipinski definition) is 7. The standard InChI is InChI=1S/C18H22N2O2.C7H12N2.C5H14N2/c1-11(2)14-9-15(16(21)10-17(14)22-4)18(19)20-13-7-5-12(3)6-8-13;1-9-4-2-3-7(5-8)6-9;1-3-7-5-4-6-2/h5-11,21H,1-4H3,(H2,19,20);2-3,6H,4-5,8H2,1H3;6-7H,3-5H2,1-2H3. The third-order valence-corrected chi connectivity index (χ3v) is 5.68. The second-order valence-electron chi connectivity index (χ2n) is 9.31. The average Bonchev–Trinajstić information content (AvgIpc) is 2.90. The summed E-state index contributed by atoms with van der Waals surface area (Å²) in [7, 11) is 5.58. The predicted molar refractivity (Wildman–Crippen MR) is 162 cm³/mol. The number of aryl methyl sites for hydroxylation is 1. The molecule has 8 nitrogen and oxygen atoms in total. The minimum atomic E-state index is 0.0645. The van der Waals surface area contributed by atoms with E-state index >= 15 is 0 Å². The Morgan fingerprint density at radius 1 is 1.18 bits per heavy atom. The summed E-state index contributed by atoms with van der Waals surface area (Å²) in [6, 6.07) is 11.2. The number of nitrogens with one attached hydrogen (secondary N) is 2. The van der Waals surface area contributed by atoms with Crippen LogP contribution in [0.4, 0.5) is 5.69 Å². The van der Waals surface area contributed by atoms with Gasteiger partial charge >= 0.3 is 0 Å². The van der Waals surface area contributed by atoms with Crippen LogP contribution in [0.3, 0.4) is 0 Å². The lowest BCUT2D eigenvalue weighted by Gasteiger charge is -2.16. The summed E-state index contributed by atoms with van der Waals surface area (Å²) in [6.45, 7) is 13.1. The highest BCUT2D eigenvalue weighted by Gasteiger charge is 2.15. The molecule has 8 heteroatoms. The summed E-state index contributed by atoms with van der Waals surface area (Å²) in [5.41, 5.74) is 16.1. The van der Waals surface area contributed by atoms with Crippen LogP contribution >= 0.6 is 0 Å². The van der Waals surface area contributed by atoms with Crippen LogP contribution in [0.15, 0.2) is 65.3 Å². The van der Waals surface area contributed by atoms with Crippen molar-refractivity contribution in [2.24, 2.45) is 16.5 Å². The van der Waals surface area contributed by atoms with Gasteiger partial charge in [-0.25, -0.2) is 4.99 Å². The molecule has 38 heavy (non-hydrogen) atoms. The first-order chi connectivity index (χ1) is 18.2. The van der Waals surface area contributed by atoms with E-state index < -0.39 is 0 Å². The number of rotatable bonds is 9. The maximum atomic E-state index is 10.2. The van der Waals surface area contributed by atoms with Crippen LogP contribution < -0.4 is 26.8 Å². The molecule has 210 valence electrons. The van der Waals surface area contributed by atoms with Crippen molar-refractivity contribution >= 4 is 11.5 Å². The zero-order valence-corrected chi connectivity index (χ0v) is 24.2. The molecule has 7 N–H and O–H groups in total. The Morgan fingerprint density at radius 3 is 2.37 bits per heavy atom. The van der Waals surface area contributed by atoms with E-state index in [1.807, 2.05) is 51.4 Å². The van der Waals surface area contributed by atoms with Gasteiger partial charge in [-0.15, -0.1) is 0 Å². The minimum absolute atomic E-state index is 0.0645. The Balaban J connectivity index is 0.000000369. The first-order valence-electron chi connectivity index (χ1n) is 13.1. The monoisotopic (exact) mass is 524 g/mol. The Hall–Kier alpha value is -3.33. The van der Waals surface area contributed by atoms with Crippen LogP contribution in [0, 0.1) is 6.92 Å². The fourth-order valence-electron chi connectivity index (χ4n) is 3.50. The molecule has 1 aliphatic rings. The molecular weight excluding hydrogens is 476 g/mol. The van der Waals surface area contributed by atoms with Crippen LogP contribution in [-0.2, 0) is 0 Å². The molecule has 0 aliphatic carbocycles. The van der Waals surface area contributed by atoms with Gasteiger partial charge in [0.25, 0.3) is 0 Å². The van der Waals surface area contributed by atoms with Gasteiger partial charge in [-0.3, -0.25) is 0 Å². The number of benzene rings is 2. The SMILES string of the molecule is CCNCCNC.CN1C=C(CN)C=CC1.COc1cc(O)c(C(N)=Nc2ccc(C)cc2)cc1C(C)C. The maximum absolute atomic E-state index is 10.2. The molecule has 2 aromatic carbocycles. The molecular formula is C30H48N6O2. The van der Waals surface area contributed by atoms with Crippen molar-refractivity contribution in [3.63, 3.8) is 0 Å². The molecule has 0 aromatic heterocycles. The number of ether oxygens (including phenoxy) is 1. The Kier molecular flexibility index (Phi) is 15.5.